The van der Waals surface area contributed by atoms with E-state index in [0.29, 0.717) is 6.42 Å². The summed E-state index contributed by atoms with van der Waals surface area (Å²) in [6, 6.07) is -0.355. The number of hydrogen-bond donors (Lipinski definition) is 5. The molecule has 3 saturated heterocycles. The number of Topliss-reactive ketones (excluding diaryl/α,β-unsaturated/α-hetero) is 1. The van der Waals surface area contributed by atoms with Crippen molar-refractivity contribution < 1.29 is 67.9 Å². The minimum absolute atomic E-state index is 0.0448. The zero-order valence-electron chi connectivity index (χ0n) is 33.0. The molecule has 3 rings (SSSR count). The van der Waals surface area contributed by atoms with Crippen LogP contribution in [0.15, 0.2) is 0 Å². The Balaban J connectivity index is 2.20. The number of aliphatic hydroxyl groups is 5. The van der Waals surface area contributed by atoms with Gasteiger partial charge in [0.25, 0.3) is 0 Å². The number of rotatable bonds is 8. The lowest BCUT2D eigenvalue weighted by atomic mass is 9.74. The molecular formula is C37H66FNO13. The van der Waals surface area contributed by atoms with Crippen LogP contribution in [0.3, 0.4) is 0 Å². The van der Waals surface area contributed by atoms with Gasteiger partial charge >= 0.3 is 5.97 Å². The Morgan fingerprint density at radius 3 is 2.08 bits per heavy atom. The first kappa shape index (κ1) is 45.0. The van der Waals surface area contributed by atoms with E-state index < -0.39 is 121 Å². The molecule has 14 nitrogen and oxygen atoms in total. The Hall–Kier alpha value is -1.37. The minimum Gasteiger partial charge on any atom is -0.459 e. The second-order valence-corrected chi connectivity index (χ2v) is 16.5. The summed E-state index contributed by atoms with van der Waals surface area (Å²) in [4.78, 5) is 29.7. The van der Waals surface area contributed by atoms with Gasteiger partial charge < -0.3 is 58.9 Å². The smallest absolute Gasteiger partial charge is 0.311 e. The molecule has 9 unspecified atom stereocenters. The lowest BCUT2D eigenvalue weighted by Gasteiger charge is -2.49. The third kappa shape index (κ3) is 9.70. The van der Waals surface area contributed by atoms with Gasteiger partial charge in [-0.15, -0.1) is 0 Å². The monoisotopic (exact) mass is 751 g/mol. The third-order valence-corrected chi connectivity index (χ3v) is 11.8. The van der Waals surface area contributed by atoms with Crippen molar-refractivity contribution in [1.82, 2.24) is 4.90 Å². The Kier molecular flexibility index (Phi) is 15.3. The van der Waals surface area contributed by atoms with Crippen LogP contribution in [0.2, 0.25) is 0 Å². The summed E-state index contributed by atoms with van der Waals surface area (Å²) in [7, 11) is 5.11. The molecule has 0 aromatic carbocycles. The summed E-state index contributed by atoms with van der Waals surface area (Å²) < 4.78 is 50.6. The Labute approximate surface area is 308 Å². The molecule has 0 aromatic rings. The fourth-order valence-electron chi connectivity index (χ4n) is 8.36. The molecule has 3 aliphatic heterocycles. The highest BCUT2D eigenvalue weighted by molar-refractivity contribution is 5.83. The molecule has 3 aliphatic rings. The number of ether oxygens (including phenoxy) is 6. The molecular weight excluding hydrogens is 685 g/mol. The number of carbonyl (C=O) groups excluding carboxylic acids is 2. The van der Waals surface area contributed by atoms with Gasteiger partial charge in [-0.1, -0.05) is 20.8 Å². The number of likely N-dealkylation sites (N-methyl/N-ethyl adjacent to an activating group) is 1. The van der Waals surface area contributed by atoms with Crippen LogP contribution in [0.25, 0.3) is 0 Å². The number of ketones is 1. The summed E-state index contributed by atoms with van der Waals surface area (Å²) in [5.41, 5.74) is -5.17. The molecule has 304 valence electrons. The van der Waals surface area contributed by atoms with Crippen LogP contribution in [-0.2, 0) is 38.0 Å². The van der Waals surface area contributed by atoms with E-state index in [4.69, 9.17) is 28.4 Å². The molecule has 0 amide bonds. The summed E-state index contributed by atoms with van der Waals surface area (Å²) >= 11 is 0. The van der Waals surface area contributed by atoms with Crippen molar-refractivity contribution in [2.45, 2.75) is 172 Å². The van der Waals surface area contributed by atoms with E-state index in [0.717, 1.165) is 0 Å². The van der Waals surface area contributed by atoms with Gasteiger partial charge in [-0.2, -0.15) is 0 Å². The topological polar surface area (TPSA) is 194 Å². The minimum atomic E-state index is -2.23. The predicted octanol–water partition coefficient (Wildman–Crippen LogP) is 1.74. The Bertz CT molecular complexity index is 1190. The SMILES string of the molecule is COC1(C)CC(O[C@@H]2C(C)C(=O)O[C@H](CCF)[C@@](C)(O)[C@H](O)[C@@H](C)C(=O)[C@H](C)C[C@@](C)(O)[C@H](OC3OC(C)CC(N(C)C)C3O)[C@H]2C)OC(C)C1O. The summed E-state index contributed by atoms with van der Waals surface area (Å²) in [6.45, 7) is 13.1. The maximum Gasteiger partial charge on any atom is 0.311 e. The first-order valence-electron chi connectivity index (χ1n) is 18.6. The molecule has 5 N–H and O–H groups in total. The van der Waals surface area contributed by atoms with Crippen molar-refractivity contribution in [3.8, 4) is 0 Å². The number of nitrogens with zero attached hydrogens (tertiary/aromatic N) is 1. The van der Waals surface area contributed by atoms with Crippen LogP contribution in [0.1, 0.15) is 88.0 Å². The number of methoxy groups -OCH3 is 1. The van der Waals surface area contributed by atoms with Crippen LogP contribution in [-0.4, -0.2) is 154 Å². The summed E-state index contributed by atoms with van der Waals surface area (Å²) in [5.74, 6) is -5.61. The highest BCUT2D eigenvalue weighted by Crippen LogP contribution is 2.40. The zero-order chi connectivity index (χ0) is 39.7. The van der Waals surface area contributed by atoms with Crippen molar-refractivity contribution >= 4 is 11.8 Å². The van der Waals surface area contributed by atoms with E-state index in [1.54, 1.807) is 27.7 Å². The summed E-state index contributed by atoms with van der Waals surface area (Å²) in [6.07, 6.45) is -11.4. The molecule has 0 spiro atoms. The van der Waals surface area contributed by atoms with Crippen LogP contribution >= 0.6 is 0 Å². The zero-order valence-corrected chi connectivity index (χ0v) is 33.0. The maximum atomic E-state index is 14.1. The van der Waals surface area contributed by atoms with Gasteiger partial charge in [0.2, 0.25) is 0 Å². The standard InChI is InChI=1S/C37H66FNO13/c1-18-16-35(7,45)32(52-34-28(41)24(39(10)11)15-19(2)48-34)21(4)29(51-26-17-36(8,47-12)31(43)23(6)49-26)22(5)33(44)50-25(13-14-38)37(9,46)30(42)20(3)27(18)40/h18-26,28-32,34,41-43,45-46H,13-17H2,1-12H3/t18-,19?,20+,21+,22?,23?,24?,25-,26?,28?,29+,30-,31?,32-,34?,35-,36?,37-/m1/s1. The first-order chi connectivity index (χ1) is 23.9. The van der Waals surface area contributed by atoms with Gasteiger partial charge in [0.05, 0.1) is 54.3 Å². The lowest BCUT2D eigenvalue weighted by Crippen LogP contribution is -2.61. The number of alkyl halides is 1. The van der Waals surface area contributed by atoms with Crippen LogP contribution in [0.5, 0.6) is 0 Å². The Morgan fingerprint density at radius 1 is 0.904 bits per heavy atom. The molecule has 0 bridgehead atoms. The largest absolute Gasteiger partial charge is 0.459 e. The summed E-state index contributed by atoms with van der Waals surface area (Å²) in [5, 5.41) is 57.5. The molecule has 52 heavy (non-hydrogen) atoms. The van der Waals surface area contributed by atoms with E-state index in [2.05, 4.69) is 0 Å². The number of aliphatic hydroxyl groups excluding tert-OH is 3. The van der Waals surface area contributed by atoms with E-state index in [9.17, 15) is 39.5 Å². The van der Waals surface area contributed by atoms with E-state index in [-0.39, 0.29) is 25.0 Å². The van der Waals surface area contributed by atoms with Gasteiger partial charge in [0.15, 0.2) is 12.6 Å². The number of cyclic esters (lactones) is 1. The van der Waals surface area contributed by atoms with E-state index in [1.165, 1.54) is 34.8 Å². The molecule has 3 fully saturated rings. The van der Waals surface area contributed by atoms with Crippen molar-refractivity contribution in [3.05, 3.63) is 0 Å². The van der Waals surface area contributed by atoms with Crippen molar-refractivity contribution in [3.63, 3.8) is 0 Å². The number of halogens is 1. The predicted molar refractivity (Wildman–Crippen MR) is 187 cm³/mol. The van der Waals surface area contributed by atoms with E-state index in [1.807, 2.05) is 25.9 Å². The highest BCUT2D eigenvalue weighted by Gasteiger charge is 2.53. The van der Waals surface area contributed by atoms with Crippen molar-refractivity contribution in [2.24, 2.45) is 23.7 Å². The molecule has 15 heteroatoms. The van der Waals surface area contributed by atoms with Gasteiger partial charge in [-0.25, -0.2) is 0 Å². The third-order valence-electron chi connectivity index (χ3n) is 11.8. The average molecular weight is 752 g/mol. The highest BCUT2D eigenvalue weighted by atomic mass is 19.1. The quantitative estimate of drug-likeness (QED) is 0.225. The van der Waals surface area contributed by atoms with Gasteiger partial charge in [-0.05, 0) is 68.5 Å². The van der Waals surface area contributed by atoms with Gasteiger partial charge in [0, 0.05) is 43.7 Å². The normalized spacial score (nSPS) is 49.0. The molecule has 18 atom stereocenters. The molecule has 0 aromatic heterocycles. The van der Waals surface area contributed by atoms with Gasteiger partial charge in [0.1, 0.15) is 29.7 Å². The number of hydrogen-bond acceptors (Lipinski definition) is 14. The van der Waals surface area contributed by atoms with Crippen molar-refractivity contribution in [2.75, 3.05) is 27.9 Å². The van der Waals surface area contributed by atoms with E-state index >= 15 is 0 Å². The molecule has 3 heterocycles. The second kappa shape index (κ2) is 17.6. The lowest BCUT2D eigenvalue weighted by molar-refractivity contribution is -0.318. The second-order valence-electron chi connectivity index (χ2n) is 16.5. The first-order valence-corrected chi connectivity index (χ1v) is 18.6. The van der Waals surface area contributed by atoms with Gasteiger partial charge in [-0.3, -0.25) is 14.0 Å². The van der Waals surface area contributed by atoms with Crippen LogP contribution in [0.4, 0.5) is 4.39 Å². The fourth-order valence-corrected chi connectivity index (χ4v) is 8.36. The number of carbonyl (C=O) groups is 2. The molecule has 0 saturated carbocycles. The molecule has 0 aliphatic carbocycles. The van der Waals surface area contributed by atoms with Crippen LogP contribution < -0.4 is 0 Å². The average Bonchev–Trinajstić information content (AvgIpc) is 3.06. The van der Waals surface area contributed by atoms with Crippen LogP contribution in [0, 0.1) is 23.7 Å². The fraction of sp³-hybridized carbons (Fsp3) is 0.946. The number of esters is 1. The Morgan fingerprint density at radius 2 is 1.52 bits per heavy atom. The van der Waals surface area contributed by atoms with Crippen molar-refractivity contribution in [1.29, 1.82) is 0 Å². The molecule has 0 radical (unpaired) electrons. The maximum absolute atomic E-state index is 14.1.